The highest BCUT2D eigenvalue weighted by Crippen LogP contribution is 2.21. The molecule has 1 N–H and O–H groups in total. The van der Waals surface area contributed by atoms with Crippen LogP contribution in [-0.4, -0.2) is 8.42 Å². The number of hydrogen-bond acceptors (Lipinski definition) is 2. The normalized spacial score (nSPS) is 13.0. The molecule has 0 fully saturated rings. The second-order valence-corrected chi connectivity index (χ2v) is 7.47. The molecule has 1 unspecified atom stereocenters. The average Bonchev–Trinajstić information content (AvgIpc) is 2.53. The van der Waals surface area contributed by atoms with Crippen molar-refractivity contribution >= 4 is 21.6 Å². The minimum absolute atomic E-state index is 0.176. The molecular weight excluding hydrogens is 318 g/mol. The lowest BCUT2D eigenvalue weighted by molar-refractivity contribution is 0.581. The Morgan fingerprint density at radius 3 is 2.32 bits per heavy atom. The first-order valence-electron chi connectivity index (χ1n) is 7.27. The van der Waals surface area contributed by atoms with Crippen LogP contribution in [0.2, 0.25) is 5.02 Å². The summed E-state index contributed by atoms with van der Waals surface area (Å²) in [5, 5.41) is 0.553. The third kappa shape index (κ3) is 4.09. The maximum Gasteiger partial charge on any atom is 0.240 e. The molecule has 0 amide bonds. The van der Waals surface area contributed by atoms with E-state index < -0.39 is 10.0 Å². The van der Waals surface area contributed by atoms with Gasteiger partial charge in [0, 0.05) is 11.6 Å². The van der Waals surface area contributed by atoms with Crippen LogP contribution in [0.3, 0.4) is 0 Å². The highest BCUT2D eigenvalue weighted by molar-refractivity contribution is 7.89. The summed E-state index contributed by atoms with van der Waals surface area (Å²) in [4.78, 5) is 0.270. The van der Waals surface area contributed by atoms with Crippen LogP contribution in [0.4, 0.5) is 0 Å². The molecule has 0 spiro atoms. The van der Waals surface area contributed by atoms with Gasteiger partial charge in [0.15, 0.2) is 0 Å². The van der Waals surface area contributed by atoms with Gasteiger partial charge in [-0.2, -0.15) is 0 Å². The van der Waals surface area contributed by atoms with Gasteiger partial charge in [0.2, 0.25) is 10.0 Å². The lowest BCUT2D eigenvalue weighted by atomic mass is 9.99. The Hall–Kier alpha value is -1.36. The van der Waals surface area contributed by atoms with Crippen molar-refractivity contribution in [2.45, 2.75) is 37.6 Å². The number of hydrogen-bond donors (Lipinski definition) is 1. The number of nitrogens with one attached hydrogen (secondary N) is 1. The molecule has 0 aliphatic carbocycles. The smallest absolute Gasteiger partial charge is 0.207 e. The van der Waals surface area contributed by atoms with E-state index >= 15 is 0 Å². The van der Waals surface area contributed by atoms with Crippen LogP contribution in [0.1, 0.15) is 37.3 Å². The summed E-state index contributed by atoms with van der Waals surface area (Å²) in [6.07, 6.45) is 1.02. The van der Waals surface area contributed by atoms with Gasteiger partial charge in [-0.1, -0.05) is 55.8 Å². The van der Waals surface area contributed by atoms with Gasteiger partial charge in [0.25, 0.3) is 0 Å². The summed E-state index contributed by atoms with van der Waals surface area (Å²) < 4.78 is 27.2. The van der Waals surface area contributed by atoms with Crippen LogP contribution < -0.4 is 4.72 Å². The Labute approximate surface area is 137 Å². The molecule has 1 atom stereocenters. The predicted molar refractivity (Wildman–Crippen MR) is 90.6 cm³/mol. The van der Waals surface area contributed by atoms with Crippen LogP contribution >= 0.6 is 11.6 Å². The molecule has 0 aromatic heterocycles. The first-order chi connectivity index (χ1) is 10.4. The molecule has 0 aliphatic rings. The molecular formula is C17H20ClNO2S. The minimum atomic E-state index is -3.53. The van der Waals surface area contributed by atoms with E-state index in [9.17, 15) is 8.42 Å². The fourth-order valence-electron chi connectivity index (χ4n) is 2.11. The Morgan fingerprint density at radius 1 is 1.09 bits per heavy atom. The Morgan fingerprint density at radius 2 is 1.73 bits per heavy atom. The fraction of sp³-hybridized carbons (Fsp3) is 0.294. The lowest BCUT2D eigenvalue weighted by Gasteiger charge is -2.11. The standard InChI is InChI=1S/C17H20ClNO2S/c1-3-13(2)14-8-10-16(11-9-14)22(20,21)19-12-15-6-4-5-7-17(15)18/h4-11,13,19H,3,12H2,1-2H3. The van der Waals surface area contributed by atoms with Crippen molar-refractivity contribution in [1.29, 1.82) is 0 Å². The summed E-state index contributed by atoms with van der Waals surface area (Å²) in [7, 11) is -3.53. The van der Waals surface area contributed by atoms with Gasteiger partial charge in [0.1, 0.15) is 0 Å². The summed E-state index contributed by atoms with van der Waals surface area (Å²) in [6, 6.07) is 14.2. The fourth-order valence-corrected chi connectivity index (χ4v) is 3.32. The Kier molecular flexibility index (Phi) is 5.62. The first-order valence-corrected chi connectivity index (χ1v) is 9.13. The molecule has 0 bridgehead atoms. The lowest BCUT2D eigenvalue weighted by Crippen LogP contribution is -2.23. The van der Waals surface area contributed by atoms with E-state index in [4.69, 9.17) is 11.6 Å². The zero-order chi connectivity index (χ0) is 16.2. The highest BCUT2D eigenvalue weighted by Gasteiger charge is 2.14. The third-order valence-electron chi connectivity index (χ3n) is 3.78. The van der Waals surface area contributed by atoms with Crippen molar-refractivity contribution < 1.29 is 8.42 Å². The molecule has 22 heavy (non-hydrogen) atoms. The van der Waals surface area contributed by atoms with Gasteiger partial charge in [-0.3, -0.25) is 0 Å². The van der Waals surface area contributed by atoms with Crippen molar-refractivity contribution in [2.24, 2.45) is 0 Å². The number of sulfonamides is 1. The molecule has 5 heteroatoms. The molecule has 0 saturated carbocycles. The quantitative estimate of drug-likeness (QED) is 0.852. The first kappa shape index (κ1) is 17.0. The van der Waals surface area contributed by atoms with Crippen LogP contribution in [0.25, 0.3) is 0 Å². The highest BCUT2D eigenvalue weighted by atomic mass is 35.5. The van der Waals surface area contributed by atoms with Crippen molar-refractivity contribution in [3.05, 3.63) is 64.7 Å². The van der Waals surface area contributed by atoms with E-state index in [0.29, 0.717) is 10.9 Å². The van der Waals surface area contributed by atoms with Crippen LogP contribution in [0.15, 0.2) is 53.4 Å². The molecule has 2 aromatic rings. The molecule has 2 aromatic carbocycles. The van der Waals surface area contributed by atoms with E-state index in [1.807, 2.05) is 24.3 Å². The predicted octanol–water partition coefficient (Wildman–Crippen LogP) is 4.33. The van der Waals surface area contributed by atoms with E-state index in [0.717, 1.165) is 17.5 Å². The number of halogens is 1. The minimum Gasteiger partial charge on any atom is -0.207 e. The van der Waals surface area contributed by atoms with Crippen LogP contribution in [-0.2, 0) is 16.6 Å². The molecule has 118 valence electrons. The van der Waals surface area contributed by atoms with Crippen molar-refractivity contribution in [2.75, 3.05) is 0 Å². The topological polar surface area (TPSA) is 46.2 Å². The monoisotopic (exact) mass is 337 g/mol. The zero-order valence-electron chi connectivity index (χ0n) is 12.7. The molecule has 0 saturated heterocycles. The largest absolute Gasteiger partial charge is 0.240 e. The Bertz CT molecular complexity index is 727. The average molecular weight is 338 g/mol. The maximum absolute atomic E-state index is 12.3. The second kappa shape index (κ2) is 7.27. The SMILES string of the molecule is CCC(C)c1ccc(S(=O)(=O)NCc2ccccc2Cl)cc1. The van der Waals surface area contributed by atoms with Gasteiger partial charge >= 0.3 is 0 Å². The molecule has 3 nitrogen and oxygen atoms in total. The zero-order valence-corrected chi connectivity index (χ0v) is 14.3. The van der Waals surface area contributed by atoms with Crippen molar-refractivity contribution in [3.63, 3.8) is 0 Å². The third-order valence-corrected chi connectivity index (χ3v) is 5.57. The van der Waals surface area contributed by atoms with E-state index in [-0.39, 0.29) is 11.4 Å². The number of benzene rings is 2. The van der Waals surface area contributed by atoms with Gasteiger partial charge in [-0.05, 0) is 41.7 Å². The van der Waals surface area contributed by atoms with Gasteiger partial charge in [0.05, 0.1) is 4.90 Å². The van der Waals surface area contributed by atoms with Crippen molar-refractivity contribution in [1.82, 2.24) is 4.72 Å². The molecule has 0 heterocycles. The van der Waals surface area contributed by atoms with E-state index in [1.54, 1.807) is 24.3 Å². The van der Waals surface area contributed by atoms with E-state index in [1.165, 1.54) is 0 Å². The summed E-state index contributed by atoms with van der Waals surface area (Å²) in [5.74, 6) is 0.424. The van der Waals surface area contributed by atoms with Gasteiger partial charge < -0.3 is 0 Å². The molecule has 2 rings (SSSR count). The summed E-state index contributed by atoms with van der Waals surface area (Å²) >= 11 is 6.04. The van der Waals surface area contributed by atoms with E-state index in [2.05, 4.69) is 18.6 Å². The Balaban J connectivity index is 2.12. The maximum atomic E-state index is 12.3. The van der Waals surface area contributed by atoms with Crippen LogP contribution in [0, 0.1) is 0 Å². The molecule has 0 radical (unpaired) electrons. The second-order valence-electron chi connectivity index (χ2n) is 5.29. The summed E-state index contributed by atoms with van der Waals surface area (Å²) in [6.45, 7) is 4.41. The van der Waals surface area contributed by atoms with Crippen LogP contribution in [0.5, 0.6) is 0 Å². The molecule has 0 aliphatic heterocycles. The summed E-state index contributed by atoms with van der Waals surface area (Å²) in [5.41, 5.74) is 1.90. The van der Waals surface area contributed by atoms with Crippen molar-refractivity contribution in [3.8, 4) is 0 Å². The van der Waals surface area contributed by atoms with Gasteiger partial charge in [-0.25, -0.2) is 13.1 Å². The van der Waals surface area contributed by atoms with Gasteiger partial charge in [-0.15, -0.1) is 0 Å². The number of rotatable bonds is 6.